The number of hydrogen-bond acceptors (Lipinski definition) is 2. The number of carbonyl (C=O) groups excluding carboxylic acids is 1. The first-order valence-corrected chi connectivity index (χ1v) is 9.47. The van der Waals surface area contributed by atoms with Crippen LogP contribution in [-0.4, -0.2) is 5.91 Å². The van der Waals surface area contributed by atoms with Gasteiger partial charge in [-0.3, -0.25) is 4.79 Å². The van der Waals surface area contributed by atoms with E-state index >= 15 is 0 Å². The summed E-state index contributed by atoms with van der Waals surface area (Å²) in [6.45, 7) is 2.09. The van der Waals surface area contributed by atoms with Gasteiger partial charge in [-0.05, 0) is 55.2 Å². The Labute approximate surface area is 149 Å². The molecular weight excluding hydrogens is 308 g/mol. The highest BCUT2D eigenvalue weighted by atomic mass is 16.2. The number of anilines is 3. The van der Waals surface area contributed by atoms with Crippen molar-refractivity contribution in [2.24, 2.45) is 5.92 Å². The van der Waals surface area contributed by atoms with Crippen LogP contribution in [0.1, 0.15) is 55.6 Å². The molecule has 0 radical (unpaired) electrons. The van der Waals surface area contributed by atoms with E-state index in [0.717, 1.165) is 29.0 Å². The maximum atomic E-state index is 12.5. The molecule has 0 aromatic heterocycles. The number of amides is 1. The number of aryl methyl sites for hydroxylation is 1. The molecule has 2 N–H and O–H groups in total. The topological polar surface area (TPSA) is 41.1 Å². The summed E-state index contributed by atoms with van der Waals surface area (Å²) in [6.07, 6.45) is 7.55. The molecule has 1 heterocycles. The first kappa shape index (κ1) is 16.2. The SMILES string of the molecule is Cc1ccc(Nc2ccc3c(c2)C(CC2CCCCC2)C(=O)N3)cc1. The zero-order valence-electron chi connectivity index (χ0n) is 14.8. The molecule has 1 saturated carbocycles. The van der Waals surface area contributed by atoms with E-state index in [-0.39, 0.29) is 11.8 Å². The lowest BCUT2D eigenvalue weighted by Crippen LogP contribution is -2.17. The van der Waals surface area contributed by atoms with E-state index in [1.54, 1.807) is 0 Å². The van der Waals surface area contributed by atoms with Gasteiger partial charge in [0.25, 0.3) is 0 Å². The number of fused-ring (bicyclic) bond motifs is 1. The number of rotatable bonds is 4. The highest BCUT2D eigenvalue weighted by Crippen LogP contribution is 2.41. The zero-order valence-corrected chi connectivity index (χ0v) is 14.8. The number of carbonyl (C=O) groups is 1. The van der Waals surface area contributed by atoms with Crippen molar-refractivity contribution >= 4 is 23.0 Å². The third-order valence-corrected chi connectivity index (χ3v) is 5.64. The second kappa shape index (κ2) is 6.91. The molecule has 1 aliphatic heterocycles. The lowest BCUT2D eigenvalue weighted by atomic mass is 9.81. The summed E-state index contributed by atoms with van der Waals surface area (Å²) < 4.78 is 0. The van der Waals surface area contributed by atoms with E-state index in [1.165, 1.54) is 37.7 Å². The number of nitrogens with one attached hydrogen (secondary N) is 2. The normalized spacial score (nSPS) is 20.2. The van der Waals surface area contributed by atoms with Gasteiger partial charge >= 0.3 is 0 Å². The Kier molecular flexibility index (Phi) is 4.48. The van der Waals surface area contributed by atoms with Crippen LogP contribution in [-0.2, 0) is 4.79 Å². The summed E-state index contributed by atoms with van der Waals surface area (Å²) in [5, 5.41) is 6.53. The monoisotopic (exact) mass is 334 g/mol. The molecule has 1 fully saturated rings. The molecule has 2 aromatic rings. The van der Waals surface area contributed by atoms with E-state index in [9.17, 15) is 4.79 Å². The highest BCUT2D eigenvalue weighted by molar-refractivity contribution is 6.03. The minimum atomic E-state index is 0.0119. The van der Waals surface area contributed by atoms with Crippen LogP contribution < -0.4 is 10.6 Å². The van der Waals surface area contributed by atoms with Crippen LogP contribution in [0.4, 0.5) is 17.1 Å². The fourth-order valence-electron chi connectivity index (χ4n) is 4.20. The van der Waals surface area contributed by atoms with Crippen LogP contribution in [0, 0.1) is 12.8 Å². The van der Waals surface area contributed by atoms with Crippen molar-refractivity contribution < 1.29 is 4.79 Å². The van der Waals surface area contributed by atoms with Gasteiger partial charge in [0.15, 0.2) is 0 Å². The van der Waals surface area contributed by atoms with Gasteiger partial charge in [0.2, 0.25) is 5.91 Å². The molecule has 1 unspecified atom stereocenters. The Morgan fingerprint density at radius 2 is 1.72 bits per heavy atom. The number of benzene rings is 2. The second-order valence-corrected chi connectivity index (χ2v) is 7.57. The molecule has 0 spiro atoms. The van der Waals surface area contributed by atoms with Crippen molar-refractivity contribution in [1.29, 1.82) is 0 Å². The summed E-state index contributed by atoms with van der Waals surface area (Å²) in [5.41, 5.74) is 5.52. The van der Waals surface area contributed by atoms with Crippen molar-refractivity contribution in [1.82, 2.24) is 0 Å². The predicted molar refractivity (Wildman–Crippen MR) is 103 cm³/mol. The molecule has 0 saturated heterocycles. The van der Waals surface area contributed by atoms with Crippen LogP contribution in [0.5, 0.6) is 0 Å². The number of hydrogen-bond donors (Lipinski definition) is 2. The summed E-state index contributed by atoms with van der Waals surface area (Å²) in [6, 6.07) is 14.6. The minimum absolute atomic E-state index is 0.0119. The van der Waals surface area contributed by atoms with Crippen LogP contribution in [0.25, 0.3) is 0 Å². The molecule has 4 rings (SSSR count). The fraction of sp³-hybridized carbons (Fsp3) is 0.409. The van der Waals surface area contributed by atoms with Crippen LogP contribution in [0.2, 0.25) is 0 Å². The Morgan fingerprint density at radius 3 is 2.48 bits per heavy atom. The van der Waals surface area contributed by atoms with E-state index < -0.39 is 0 Å². The van der Waals surface area contributed by atoms with Gasteiger partial charge < -0.3 is 10.6 Å². The molecule has 1 atom stereocenters. The van der Waals surface area contributed by atoms with E-state index in [0.29, 0.717) is 5.92 Å². The Hall–Kier alpha value is -2.29. The Balaban J connectivity index is 1.53. The van der Waals surface area contributed by atoms with Gasteiger partial charge in [-0.2, -0.15) is 0 Å². The molecule has 25 heavy (non-hydrogen) atoms. The van der Waals surface area contributed by atoms with Crippen molar-refractivity contribution in [2.75, 3.05) is 10.6 Å². The van der Waals surface area contributed by atoms with Crippen LogP contribution in [0.15, 0.2) is 42.5 Å². The van der Waals surface area contributed by atoms with Gasteiger partial charge in [-0.25, -0.2) is 0 Å². The minimum Gasteiger partial charge on any atom is -0.356 e. The second-order valence-electron chi connectivity index (χ2n) is 7.57. The van der Waals surface area contributed by atoms with Gasteiger partial charge in [-0.1, -0.05) is 49.8 Å². The van der Waals surface area contributed by atoms with E-state index in [2.05, 4.69) is 47.9 Å². The maximum absolute atomic E-state index is 12.5. The summed E-state index contributed by atoms with van der Waals surface area (Å²) in [7, 11) is 0. The summed E-state index contributed by atoms with van der Waals surface area (Å²) in [5.74, 6) is 0.884. The van der Waals surface area contributed by atoms with Gasteiger partial charge in [0.1, 0.15) is 0 Å². The Morgan fingerprint density at radius 1 is 1.00 bits per heavy atom. The summed E-state index contributed by atoms with van der Waals surface area (Å²) in [4.78, 5) is 12.5. The molecule has 2 aliphatic rings. The van der Waals surface area contributed by atoms with Crippen molar-refractivity contribution in [3.05, 3.63) is 53.6 Å². The molecular formula is C22H26N2O. The molecule has 0 bridgehead atoms. The predicted octanol–water partition coefficient (Wildman–Crippen LogP) is 5.74. The molecule has 3 heteroatoms. The Bertz CT molecular complexity index is 760. The zero-order chi connectivity index (χ0) is 17.2. The average molecular weight is 334 g/mol. The van der Waals surface area contributed by atoms with Gasteiger partial charge in [-0.15, -0.1) is 0 Å². The summed E-state index contributed by atoms with van der Waals surface area (Å²) >= 11 is 0. The van der Waals surface area contributed by atoms with Crippen LogP contribution in [0.3, 0.4) is 0 Å². The quantitative estimate of drug-likeness (QED) is 0.748. The molecule has 2 aromatic carbocycles. The van der Waals surface area contributed by atoms with Crippen molar-refractivity contribution in [3.8, 4) is 0 Å². The van der Waals surface area contributed by atoms with Crippen molar-refractivity contribution in [3.63, 3.8) is 0 Å². The largest absolute Gasteiger partial charge is 0.356 e. The average Bonchev–Trinajstić information content (AvgIpc) is 2.93. The van der Waals surface area contributed by atoms with E-state index in [1.807, 2.05) is 12.1 Å². The fourth-order valence-corrected chi connectivity index (χ4v) is 4.20. The van der Waals surface area contributed by atoms with Crippen LogP contribution >= 0.6 is 0 Å². The standard InChI is InChI=1S/C22H26N2O/c1-15-7-9-17(10-8-15)23-18-11-12-21-19(14-18)20(22(25)24-21)13-16-5-3-2-4-6-16/h7-12,14,16,20,23H,2-6,13H2,1H3,(H,24,25). The molecule has 130 valence electrons. The lowest BCUT2D eigenvalue weighted by Gasteiger charge is -2.23. The van der Waals surface area contributed by atoms with Gasteiger partial charge in [0, 0.05) is 17.1 Å². The third kappa shape index (κ3) is 3.55. The van der Waals surface area contributed by atoms with Crippen molar-refractivity contribution in [2.45, 2.75) is 51.4 Å². The van der Waals surface area contributed by atoms with E-state index in [4.69, 9.17) is 0 Å². The maximum Gasteiger partial charge on any atom is 0.232 e. The third-order valence-electron chi connectivity index (χ3n) is 5.64. The first-order chi connectivity index (χ1) is 12.2. The highest BCUT2D eigenvalue weighted by Gasteiger charge is 2.33. The molecule has 1 aliphatic carbocycles. The van der Waals surface area contributed by atoms with Gasteiger partial charge in [0.05, 0.1) is 5.92 Å². The first-order valence-electron chi connectivity index (χ1n) is 9.47. The molecule has 1 amide bonds. The molecule has 3 nitrogen and oxygen atoms in total. The lowest BCUT2D eigenvalue weighted by molar-refractivity contribution is -0.117. The smallest absolute Gasteiger partial charge is 0.232 e.